The number of anilines is 1. The Hall–Kier alpha value is -3.19. The molecule has 1 aromatic heterocycles. The molecule has 2 aromatic carbocycles. The maximum atomic E-state index is 12.6. The Morgan fingerprint density at radius 3 is 2.56 bits per heavy atom. The predicted octanol–water partition coefficient (Wildman–Crippen LogP) is 4.51. The second-order valence-electron chi connectivity index (χ2n) is 8.29. The smallest absolute Gasteiger partial charge is 0.294 e. The molecule has 0 saturated heterocycles. The van der Waals surface area contributed by atoms with Crippen LogP contribution in [0.1, 0.15) is 54.1 Å². The molecule has 1 heterocycles. The second kappa shape index (κ2) is 10.4. The molecule has 32 heavy (non-hydrogen) atoms. The highest BCUT2D eigenvalue weighted by Gasteiger charge is 2.27. The van der Waals surface area contributed by atoms with E-state index in [1.54, 1.807) is 7.11 Å². The van der Waals surface area contributed by atoms with Gasteiger partial charge in [-0.2, -0.15) is 0 Å². The topological polar surface area (TPSA) is 93.5 Å². The lowest BCUT2D eigenvalue weighted by atomic mass is 9.78. The van der Waals surface area contributed by atoms with E-state index in [9.17, 15) is 9.59 Å². The van der Waals surface area contributed by atoms with Gasteiger partial charge in [0.05, 0.1) is 5.39 Å². The molecule has 4 rings (SSSR count). The van der Waals surface area contributed by atoms with E-state index in [-0.39, 0.29) is 23.5 Å². The lowest BCUT2D eigenvalue weighted by Gasteiger charge is -2.28. The van der Waals surface area contributed by atoms with Crippen LogP contribution in [0.4, 0.5) is 5.69 Å². The third-order valence-corrected chi connectivity index (χ3v) is 6.15. The molecular weight excluding hydrogens is 406 g/mol. The van der Waals surface area contributed by atoms with Gasteiger partial charge in [0, 0.05) is 31.9 Å². The van der Waals surface area contributed by atoms with E-state index in [2.05, 4.69) is 27.9 Å². The van der Waals surface area contributed by atoms with Crippen LogP contribution < -0.4 is 10.6 Å². The molecule has 1 fully saturated rings. The number of hydrogen-bond acceptors (Lipinski definition) is 5. The molecule has 7 nitrogen and oxygen atoms in total. The van der Waals surface area contributed by atoms with Crippen LogP contribution in [0.2, 0.25) is 0 Å². The fraction of sp³-hybridized carbons (Fsp3) is 0.400. The summed E-state index contributed by atoms with van der Waals surface area (Å²) in [5.74, 6) is 0.601. The number of fused-ring (bicyclic) bond motifs is 1. The van der Waals surface area contributed by atoms with Gasteiger partial charge < -0.3 is 19.9 Å². The Labute approximate surface area is 187 Å². The number of carbonyl (C=O) groups excluding carboxylic acids is 2. The number of carbonyl (C=O) groups is 2. The molecule has 2 N–H and O–H groups in total. The van der Waals surface area contributed by atoms with Gasteiger partial charge in [0.15, 0.2) is 0 Å². The van der Waals surface area contributed by atoms with Gasteiger partial charge in [-0.3, -0.25) is 9.59 Å². The summed E-state index contributed by atoms with van der Waals surface area (Å²) in [5, 5.41) is 10.5. The normalized spacial score (nSPS) is 18.4. The van der Waals surface area contributed by atoms with Crippen LogP contribution in [-0.4, -0.2) is 37.2 Å². The van der Waals surface area contributed by atoms with Crippen LogP contribution in [0.5, 0.6) is 0 Å². The first kappa shape index (κ1) is 22.0. The van der Waals surface area contributed by atoms with Crippen LogP contribution in [0.3, 0.4) is 0 Å². The van der Waals surface area contributed by atoms with Crippen LogP contribution in [-0.2, 0) is 9.53 Å². The zero-order valence-electron chi connectivity index (χ0n) is 18.3. The van der Waals surface area contributed by atoms with E-state index in [1.807, 2.05) is 36.4 Å². The predicted molar refractivity (Wildman–Crippen MR) is 123 cm³/mol. The van der Waals surface area contributed by atoms with Crippen molar-refractivity contribution in [3.8, 4) is 0 Å². The van der Waals surface area contributed by atoms with Crippen molar-refractivity contribution in [1.82, 2.24) is 10.5 Å². The first-order valence-corrected chi connectivity index (χ1v) is 11.2. The highest BCUT2D eigenvalue weighted by Crippen LogP contribution is 2.36. The van der Waals surface area contributed by atoms with Gasteiger partial charge in [-0.05, 0) is 67.9 Å². The molecule has 0 unspecified atom stereocenters. The van der Waals surface area contributed by atoms with Crippen LogP contribution in [0, 0.1) is 5.92 Å². The Bertz CT molecular complexity index is 1050. The number of aromatic nitrogens is 1. The number of hydrogen-bond donors (Lipinski definition) is 2. The van der Waals surface area contributed by atoms with Gasteiger partial charge in [-0.25, -0.2) is 0 Å². The first-order valence-electron chi connectivity index (χ1n) is 11.2. The van der Waals surface area contributed by atoms with E-state index in [4.69, 9.17) is 9.26 Å². The Morgan fingerprint density at radius 2 is 1.81 bits per heavy atom. The molecule has 0 bridgehead atoms. The summed E-state index contributed by atoms with van der Waals surface area (Å²) in [6.07, 6.45) is 4.63. The second-order valence-corrected chi connectivity index (χ2v) is 8.29. The third kappa shape index (κ3) is 5.16. The van der Waals surface area contributed by atoms with Crippen molar-refractivity contribution >= 4 is 28.4 Å². The summed E-state index contributed by atoms with van der Waals surface area (Å²) >= 11 is 0. The fourth-order valence-corrected chi connectivity index (χ4v) is 4.34. The van der Waals surface area contributed by atoms with Gasteiger partial charge in [-0.1, -0.05) is 29.4 Å². The third-order valence-electron chi connectivity index (χ3n) is 6.15. The molecule has 168 valence electrons. The molecule has 0 atom stereocenters. The zero-order valence-corrected chi connectivity index (χ0v) is 18.3. The molecule has 0 spiro atoms. The molecule has 3 aromatic rings. The number of benzene rings is 2. The first-order chi connectivity index (χ1) is 15.7. The minimum atomic E-state index is -0.316. The van der Waals surface area contributed by atoms with Crippen LogP contribution in [0.25, 0.3) is 10.9 Å². The maximum absolute atomic E-state index is 12.6. The molecule has 0 radical (unpaired) electrons. The summed E-state index contributed by atoms with van der Waals surface area (Å²) in [4.78, 5) is 24.9. The number of ether oxygens (including phenoxy) is 1. The molecule has 2 amide bonds. The molecular formula is C25H29N3O4. The standard InChI is InChI=1S/C25H29N3O4/c1-31-16-4-15-26-24(29)19-9-7-17(8-10-19)18-11-13-20(14-12-18)27-25(30)23-21-5-2-3-6-22(21)28-32-23/h2-3,5-6,11-14,17,19H,4,7-10,15-16H2,1H3,(H,26,29)(H,27,30). The zero-order chi connectivity index (χ0) is 22.3. The van der Waals surface area contributed by atoms with E-state index in [1.165, 1.54) is 5.56 Å². The minimum absolute atomic E-state index is 0.101. The minimum Gasteiger partial charge on any atom is -0.385 e. The summed E-state index contributed by atoms with van der Waals surface area (Å²) < 4.78 is 10.2. The number of nitrogens with zero attached hydrogens (tertiary/aromatic N) is 1. The summed E-state index contributed by atoms with van der Waals surface area (Å²) in [7, 11) is 1.67. The SMILES string of the molecule is COCCCNC(=O)C1CCC(c2ccc(NC(=O)c3onc4ccccc34)cc2)CC1. The number of nitrogens with one attached hydrogen (secondary N) is 2. The summed E-state index contributed by atoms with van der Waals surface area (Å²) in [6, 6.07) is 15.3. The van der Waals surface area contributed by atoms with Crippen molar-refractivity contribution in [2.24, 2.45) is 5.92 Å². The monoisotopic (exact) mass is 435 g/mol. The van der Waals surface area contributed by atoms with Gasteiger partial charge in [0.1, 0.15) is 5.52 Å². The maximum Gasteiger partial charge on any atom is 0.294 e. The molecule has 7 heteroatoms. The quantitative estimate of drug-likeness (QED) is 0.508. The fourth-order valence-electron chi connectivity index (χ4n) is 4.34. The van der Waals surface area contributed by atoms with E-state index in [0.717, 1.165) is 32.1 Å². The summed E-state index contributed by atoms with van der Waals surface area (Å²) in [6.45, 7) is 1.34. The van der Waals surface area contributed by atoms with E-state index >= 15 is 0 Å². The van der Waals surface area contributed by atoms with Crippen molar-refractivity contribution in [2.45, 2.75) is 38.0 Å². The van der Waals surface area contributed by atoms with Gasteiger partial charge in [0.2, 0.25) is 11.7 Å². The summed E-state index contributed by atoms with van der Waals surface area (Å²) in [5.41, 5.74) is 2.61. The van der Waals surface area contributed by atoms with Crippen LogP contribution in [0.15, 0.2) is 53.1 Å². The average molecular weight is 436 g/mol. The van der Waals surface area contributed by atoms with Crippen molar-refractivity contribution < 1.29 is 18.8 Å². The highest BCUT2D eigenvalue weighted by atomic mass is 16.5. The Morgan fingerprint density at radius 1 is 1.06 bits per heavy atom. The Balaban J connectivity index is 1.29. The largest absolute Gasteiger partial charge is 0.385 e. The van der Waals surface area contributed by atoms with Gasteiger partial charge in [-0.15, -0.1) is 0 Å². The van der Waals surface area contributed by atoms with Crippen molar-refractivity contribution in [3.63, 3.8) is 0 Å². The Kier molecular flexibility index (Phi) is 7.17. The molecule has 1 aliphatic rings. The number of amides is 2. The molecule has 0 aliphatic heterocycles. The van der Waals surface area contributed by atoms with E-state index in [0.29, 0.717) is 35.7 Å². The van der Waals surface area contributed by atoms with Crippen LogP contribution >= 0.6 is 0 Å². The van der Waals surface area contributed by atoms with Gasteiger partial charge >= 0.3 is 0 Å². The van der Waals surface area contributed by atoms with Crippen molar-refractivity contribution in [1.29, 1.82) is 0 Å². The van der Waals surface area contributed by atoms with Gasteiger partial charge in [0.25, 0.3) is 5.91 Å². The molecule has 1 saturated carbocycles. The number of rotatable bonds is 8. The number of methoxy groups -OCH3 is 1. The van der Waals surface area contributed by atoms with E-state index < -0.39 is 0 Å². The lowest BCUT2D eigenvalue weighted by molar-refractivity contribution is -0.126. The van der Waals surface area contributed by atoms with Crippen molar-refractivity contribution in [3.05, 3.63) is 59.9 Å². The highest BCUT2D eigenvalue weighted by molar-refractivity contribution is 6.10. The lowest BCUT2D eigenvalue weighted by Crippen LogP contribution is -2.33. The molecule has 1 aliphatic carbocycles. The average Bonchev–Trinajstić information content (AvgIpc) is 3.27. The van der Waals surface area contributed by atoms with Crippen molar-refractivity contribution in [2.75, 3.05) is 25.6 Å².